The molecule has 0 aliphatic rings. The number of hydrogen-bond donors (Lipinski definition) is 2. The fourth-order valence-electron chi connectivity index (χ4n) is 2.03. The van der Waals surface area contributed by atoms with Gasteiger partial charge in [0, 0.05) is 11.3 Å². The maximum absolute atomic E-state index is 12.3. The van der Waals surface area contributed by atoms with Crippen LogP contribution < -0.4 is 10.0 Å². The highest BCUT2D eigenvalue weighted by Gasteiger charge is 2.12. The van der Waals surface area contributed by atoms with Gasteiger partial charge in [-0.05, 0) is 49.5 Å². The van der Waals surface area contributed by atoms with Crippen molar-refractivity contribution in [3.8, 4) is 0 Å². The smallest absolute Gasteiger partial charge is 0.255 e. The average molecular weight is 347 g/mol. The Bertz CT molecular complexity index is 963. The van der Waals surface area contributed by atoms with E-state index < -0.39 is 10.0 Å². The highest BCUT2D eigenvalue weighted by molar-refractivity contribution is 7.89. The first-order valence-electron chi connectivity index (χ1n) is 6.68. The third kappa shape index (κ3) is 3.24. The number of thiazole rings is 1. The van der Waals surface area contributed by atoms with E-state index in [1.165, 1.54) is 30.5 Å². The van der Waals surface area contributed by atoms with Crippen LogP contribution in [0, 0.1) is 0 Å². The minimum Gasteiger partial charge on any atom is -0.322 e. The molecule has 2 N–H and O–H groups in total. The molecule has 0 fully saturated rings. The molecular weight excluding hydrogens is 334 g/mol. The molecule has 6 nitrogen and oxygen atoms in total. The summed E-state index contributed by atoms with van der Waals surface area (Å²) in [6.45, 7) is 0. The van der Waals surface area contributed by atoms with E-state index in [2.05, 4.69) is 15.0 Å². The summed E-state index contributed by atoms with van der Waals surface area (Å²) in [6.07, 6.45) is 0. The van der Waals surface area contributed by atoms with Gasteiger partial charge in [0.2, 0.25) is 10.0 Å². The first-order valence-corrected chi connectivity index (χ1v) is 9.04. The van der Waals surface area contributed by atoms with E-state index in [0.29, 0.717) is 11.3 Å². The van der Waals surface area contributed by atoms with Gasteiger partial charge in [-0.15, -0.1) is 11.3 Å². The molecule has 3 aromatic rings. The lowest BCUT2D eigenvalue weighted by Crippen LogP contribution is -2.18. The van der Waals surface area contributed by atoms with Crippen molar-refractivity contribution < 1.29 is 13.2 Å². The number of fused-ring (bicyclic) bond motifs is 1. The van der Waals surface area contributed by atoms with Gasteiger partial charge in [0.15, 0.2) is 0 Å². The van der Waals surface area contributed by atoms with Crippen molar-refractivity contribution in [3.05, 3.63) is 53.5 Å². The van der Waals surface area contributed by atoms with Crippen molar-refractivity contribution in [2.75, 3.05) is 12.4 Å². The quantitative estimate of drug-likeness (QED) is 0.759. The number of carbonyl (C=O) groups excluding carboxylic acids is 1. The molecular formula is C15H13N3O3S2. The van der Waals surface area contributed by atoms with E-state index in [0.717, 1.165) is 10.2 Å². The molecule has 23 heavy (non-hydrogen) atoms. The molecule has 0 bridgehead atoms. The number of nitrogens with zero attached hydrogens (tertiary/aromatic N) is 1. The van der Waals surface area contributed by atoms with Gasteiger partial charge in [0.25, 0.3) is 5.91 Å². The fourth-order valence-corrected chi connectivity index (χ4v) is 3.48. The van der Waals surface area contributed by atoms with Crippen LogP contribution in [0.3, 0.4) is 0 Å². The number of nitrogens with one attached hydrogen (secondary N) is 2. The standard InChI is InChI=1S/C15H13N3O3S2/c1-16-23(20,21)12-5-3-11(4-6-12)18-15(19)10-2-7-13-14(8-10)22-9-17-13/h2-9,16H,1H3,(H,18,19). The van der Waals surface area contributed by atoms with Crippen LogP contribution in [0.4, 0.5) is 5.69 Å². The summed E-state index contributed by atoms with van der Waals surface area (Å²) >= 11 is 1.47. The molecule has 0 radical (unpaired) electrons. The van der Waals surface area contributed by atoms with Gasteiger partial charge in [-0.1, -0.05) is 0 Å². The van der Waals surface area contributed by atoms with E-state index in [1.54, 1.807) is 35.8 Å². The van der Waals surface area contributed by atoms with Gasteiger partial charge in [-0.2, -0.15) is 0 Å². The Kier molecular flexibility index (Phi) is 4.12. The maximum atomic E-state index is 12.3. The van der Waals surface area contributed by atoms with E-state index >= 15 is 0 Å². The zero-order valence-electron chi connectivity index (χ0n) is 12.1. The van der Waals surface area contributed by atoms with Crippen LogP contribution in [-0.2, 0) is 10.0 Å². The normalized spacial score (nSPS) is 11.5. The van der Waals surface area contributed by atoms with Gasteiger partial charge in [0.05, 0.1) is 20.6 Å². The van der Waals surface area contributed by atoms with Crippen molar-refractivity contribution in [2.45, 2.75) is 4.90 Å². The molecule has 3 rings (SSSR count). The molecule has 1 amide bonds. The molecule has 0 saturated heterocycles. The molecule has 1 aromatic heterocycles. The first-order chi connectivity index (χ1) is 11.0. The molecule has 0 unspecified atom stereocenters. The summed E-state index contributed by atoms with van der Waals surface area (Å²) in [7, 11) is -2.13. The summed E-state index contributed by atoms with van der Waals surface area (Å²) < 4.78 is 26.5. The van der Waals surface area contributed by atoms with Crippen LogP contribution in [0.1, 0.15) is 10.4 Å². The van der Waals surface area contributed by atoms with Gasteiger partial charge >= 0.3 is 0 Å². The third-order valence-corrected chi connectivity index (χ3v) is 5.51. The van der Waals surface area contributed by atoms with Crippen LogP contribution in [0.25, 0.3) is 10.2 Å². The molecule has 0 atom stereocenters. The Morgan fingerprint density at radius 3 is 2.57 bits per heavy atom. The van der Waals surface area contributed by atoms with Gasteiger partial charge in [-0.25, -0.2) is 18.1 Å². The molecule has 2 aromatic carbocycles. The van der Waals surface area contributed by atoms with Crippen LogP contribution in [0.5, 0.6) is 0 Å². The summed E-state index contributed by atoms with van der Waals surface area (Å²) in [5.74, 6) is -0.260. The minimum atomic E-state index is -3.48. The van der Waals surface area contributed by atoms with Crippen LogP contribution >= 0.6 is 11.3 Å². The van der Waals surface area contributed by atoms with Crippen LogP contribution in [0.15, 0.2) is 52.9 Å². The van der Waals surface area contributed by atoms with Crippen molar-refractivity contribution in [3.63, 3.8) is 0 Å². The minimum absolute atomic E-state index is 0.143. The number of aromatic nitrogens is 1. The van der Waals surface area contributed by atoms with Crippen molar-refractivity contribution >= 4 is 43.2 Å². The highest BCUT2D eigenvalue weighted by atomic mass is 32.2. The predicted octanol–water partition coefficient (Wildman–Crippen LogP) is 2.46. The number of rotatable bonds is 4. The molecule has 0 saturated carbocycles. The van der Waals surface area contributed by atoms with Crippen molar-refractivity contribution in [2.24, 2.45) is 0 Å². The second-order valence-corrected chi connectivity index (χ2v) is 7.49. The fraction of sp³-hybridized carbons (Fsp3) is 0.0667. The summed E-state index contributed by atoms with van der Waals surface area (Å²) in [6, 6.07) is 11.3. The van der Waals surface area contributed by atoms with Gasteiger partial charge < -0.3 is 5.32 Å². The molecule has 0 aliphatic heterocycles. The molecule has 8 heteroatoms. The lowest BCUT2D eigenvalue weighted by atomic mass is 10.2. The Morgan fingerprint density at radius 1 is 1.13 bits per heavy atom. The summed E-state index contributed by atoms with van der Waals surface area (Å²) in [5.41, 5.74) is 3.63. The number of amides is 1. The second-order valence-electron chi connectivity index (χ2n) is 4.72. The largest absolute Gasteiger partial charge is 0.322 e. The lowest BCUT2D eigenvalue weighted by molar-refractivity contribution is 0.102. The van der Waals surface area contributed by atoms with E-state index in [1.807, 2.05) is 0 Å². The Balaban J connectivity index is 1.79. The summed E-state index contributed by atoms with van der Waals surface area (Å²) in [5, 5.41) is 2.74. The third-order valence-electron chi connectivity index (χ3n) is 3.28. The van der Waals surface area contributed by atoms with E-state index in [-0.39, 0.29) is 10.8 Å². The molecule has 0 spiro atoms. The number of hydrogen-bond acceptors (Lipinski definition) is 5. The van der Waals surface area contributed by atoms with Gasteiger partial charge in [-0.3, -0.25) is 4.79 Å². The second kappa shape index (κ2) is 6.07. The monoisotopic (exact) mass is 347 g/mol. The predicted molar refractivity (Wildman–Crippen MR) is 90.3 cm³/mol. The van der Waals surface area contributed by atoms with Crippen molar-refractivity contribution in [1.82, 2.24) is 9.71 Å². The van der Waals surface area contributed by atoms with Crippen molar-refractivity contribution in [1.29, 1.82) is 0 Å². The highest BCUT2D eigenvalue weighted by Crippen LogP contribution is 2.20. The summed E-state index contributed by atoms with van der Waals surface area (Å²) in [4.78, 5) is 16.6. The van der Waals surface area contributed by atoms with Gasteiger partial charge in [0.1, 0.15) is 0 Å². The topological polar surface area (TPSA) is 88.2 Å². The Morgan fingerprint density at radius 2 is 1.87 bits per heavy atom. The Hall–Kier alpha value is -2.29. The van der Waals surface area contributed by atoms with E-state index in [9.17, 15) is 13.2 Å². The molecule has 1 heterocycles. The lowest BCUT2D eigenvalue weighted by Gasteiger charge is -2.07. The SMILES string of the molecule is CNS(=O)(=O)c1ccc(NC(=O)c2ccc3ncsc3c2)cc1. The number of anilines is 1. The maximum Gasteiger partial charge on any atom is 0.255 e. The van der Waals surface area contributed by atoms with Crippen LogP contribution in [-0.4, -0.2) is 26.4 Å². The number of benzene rings is 2. The average Bonchev–Trinajstić information content (AvgIpc) is 3.03. The zero-order chi connectivity index (χ0) is 16.4. The number of sulfonamides is 1. The molecule has 0 aliphatic carbocycles. The Labute approximate surface area is 137 Å². The van der Waals surface area contributed by atoms with Crippen LogP contribution in [0.2, 0.25) is 0 Å². The molecule has 118 valence electrons. The zero-order valence-corrected chi connectivity index (χ0v) is 13.7. The van der Waals surface area contributed by atoms with E-state index in [4.69, 9.17) is 0 Å². The number of carbonyl (C=O) groups is 1. The first kappa shape index (κ1) is 15.6.